The predicted molar refractivity (Wildman–Crippen MR) is 79.4 cm³/mol. The summed E-state index contributed by atoms with van der Waals surface area (Å²) in [5, 5.41) is 12.6. The summed E-state index contributed by atoms with van der Waals surface area (Å²) in [5.74, 6) is 0. The minimum atomic E-state index is -0.109. The van der Waals surface area contributed by atoms with Gasteiger partial charge in [0.15, 0.2) is 0 Å². The van der Waals surface area contributed by atoms with Crippen molar-refractivity contribution in [1.82, 2.24) is 15.1 Å². The van der Waals surface area contributed by atoms with E-state index in [1.165, 1.54) is 45.3 Å². The van der Waals surface area contributed by atoms with Gasteiger partial charge in [-0.25, -0.2) is 0 Å². The van der Waals surface area contributed by atoms with E-state index in [1.807, 2.05) is 7.05 Å². The largest absolute Gasteiger partial charge is 0.394 e. The Hall–Kier alpha value is -0.160. The zero-order chi connectivity index (χ0) is 13.9. The van der Waals surface area contributed by atoms with Gasteiger partial charge in [-0.2, -0.15) is 0 Å². The molecule has 2 saturated heterocycles. The molecular weight excluding hydrogens is 238 g/mol. The Kier molecular flexibility index (Phi) is 5.23. The van der Waals surface area contributed by atoms with E-state index in [9.17, 15) is 5.11 Å². The lowest BCUT2D eigenvalue weighted by Gasteiger charge is -2.29. The third-order valence-corrected chi connectivity index (χ3v) is 5.39. The van der Waals surface area contributed by atoms with Gasteiger partial charge in [-0.3, -0.25) is 4.90 Å². The molecule has 2 rings (SSSR count). The highest BCUT2D eigenvalue weighted by molar-refractivity contribution is 4.91. The lowest BCUT2D eigenvalue weighted by Crippen LogP contribution is -2.44. The molecule has 0 aromatic rings. The van der Waals surface area contributed by atoms with Crippen molar-refractivity contribution in [3.05, 3.63) is 0 Å². The van der Waals surface area contributed by atoms with Gasteiger partial charge in [-0.05, 0) is 66.2 Å². The number of aliphatic hydroxyl groups is 1. The Morgan fingerprint density at radius 2 is 2.00 bits per heavy atom. The standard InChI is InChI=1S/C15H31N3O/c1-15(12-19,16-2)8-4-9-18-10-7-13-5-6-14(11-18)17(13)3/h13-14,16,19H,4-12H2,1-3H3. The number of hydrogen-bond donors (Lipinski definition) is 2. The summed E-state index contributed by atoms with van der Waals surface area (Å²) in [6.45, 7) is 5.99. The number of nitrogens with one attached hydrogen (secondary N) is 1. The lowest BCUT2D eigenvalue weighted by atomic mass is 9.97. The Morgan fingerprint density at radius 3 is 2.68 bits per heavy atom. The Balaban J connectivity index is 1.75. The van der Waals surface area contributed by atoms with Crippen LogP contribution in [0.3, 0.4) is 0 Å². The van der Waals surface area contributed by atoms with E-state index >= 15 is 0 Å². The van der Waals surface area contributed by atoms with Crippen LogP contribution < -0.4 is 5.32 Å². The first-order valence-electron chi connectivity index (χ1n) is 7.82. The molecule has 2 N–H and O–H groups in total. The number of aliphatic hydroxyl groups excluding tert-OH is 1. The monoisotopic (exact) mass is 269 g/mol. The minimum Gasteiger partial charge on any atom is -0.394 e. The zero-order valence-corrected chi connectivity index (χ0v) is 12.9. The van der Waals surface area contributed by atoms with Crippen molar-refractivity contribution >= 4 is 0 Å². The van der Waals surface area contributed by atoms with Crippen LogP contribution in [-0.2, 0) is 0 Å². The molecule has 2 bridgehead atoms. The van der Waals surface area contributed by atoms with Gasteiger partial charge in [0.1, 0.15) is 0 Å². The van der Waals surface area contributed by atoms with E-state index in [-0.39, 0.29) is 12.1 Å². The molecule has 0 aliphatic carbocycles. The lowest BCUT2D eigenvalue weighted by molar-refractivity contribution is 0.161. The number of hydrogen-bond acceptors (Lipinski definition) is 4. The van der Waals surface area contributed by atoms with Crippen molar-refractivity contribution in [2.75, 3.05) is 40.3 Å². The molecule has 3 atom stereocenters. The molecule has 0 aromatic heterocycles. The molecule has 0 aromatic carbocycles. The summed E-state index contributed by atoms with van der Waals surface area (Å²) in [4.78, 5) is 5.24. The van der Waals surface area contributed by atoms with Crippen LogP contribution in [0, 0.1) is 0 Å². The topological polar surface area (TPSA) is 38.7 Å². The van der Waals surface area contributed by atoms with E-state index in [4.69, 9.17) is 0 Å². The SMILES string of the molecule is CNC(C)(CO)CCCN1CCC2CCC(C1)N2C. The molecule has 3 unspecified atom stereocenters. The third-order valence-electron chi connectivity index (χ3n) is 5.39. The number of likely N-dealkylation sites (N-methyl/N-ethyl adjacent to an activating group) is 2. The van der Waals surface area contributed by atoms with Crippen molar-refractivity contribution in [2.45, 2.75) is 56.7 Å². The van der Waals surface area contributed by atoms with Crippen molar-refractivity contribution in [3.8, 4) is 0 Å². The fourth-order valence-corrected chi connectivity index (χ4v) is 3.56. The second-order valence-electron chi connectivity index (χ2n) is 6.71. The Bertz CT molecular complexity index is 281. The fourth-order valence-electron chi connectivity index (χ4n) is 3.56. The number of rotatable bonds is 6. The summed E-state index contributed by atoms with van der Waals surface area (Å²) in [6, 6.07) is 1.61. The van der Waals surface area contributed by atoms with Crippen LogP contribution in [0.4, 0.5) is 0 Å². The molecule has 2 fully saturated rings. The Labute approximate surface area is 118 Å². The summed E-state index contributed by atoms with van der Waals surface area (Å²) in [6.07, 6.45) is 6.32. The summed E-state index contributed by atoms with van der Waals surface area (Å²) < 4.78 is 0. The van der Waals surface area contributed by atoms with Gasteiger partial charge in [-0.15, -0.1) is 0 Å². The summed E-state index contributed by atoms with van der Waals surface area (Å²) in [5.41, 5.74) is -0.109. The van der Waals surface area contributed by atoms with Gasteiger partial charge in [0, 0.05) is 24.2 Å². The normalized spacial score (nSPS) is 32.2. The maximum absolute atomic E-state index is 9.41. The molecule has 19 heavy (non-hydrogen) atoms. The molecule has 0 radical (unpaired) electrons. The predicted octanol–water partition coefficient (Wildman–Crippen LogP) is 0.906. The first kappa shape index (κ1) is 15.2. The highest BCUT2D eigenvalue weighted by Gasteiger charge is 2.34. The van der Waals surface area contributed by atoms with Crippen molar-refractivity contribution in [3.63, 3.8) is 0 Å². The second-order valence-corrected chi connectivity index (χ2v) is 6.71. The quantitative estimate of drug-likeness (QED) is 0.752. The van der Waals surface area contributed by atoms with Crippen molar-refractivity contribution in [1.29, 1.82) is 0 Å². The molecule has 0 saturated carbocycles. The van der Waals surface area contributed by atoms with E-state index in [2.05, 4.69) is 29.1 Å². The smallest absolute Gasteiger partial charge is 0.0610 e. The van der Waals surface area contributed by atoms with Crippen molar-refractivity contribution < 1.29 is 5.11 Å². The van der Waals surface area contributed by atoms with Gasteiger partial charge in [-0.1, -0.05) is 0 Å². The summed E-state index contributed by atoms with van der Waals surface area (Å²) >= 11 is 0. The summed E-state index contributed by atoms with van der Waals surface area (Å²) in [7, 11) is 4.24. The molecule has 112 valence electrons. The average molecular weight is 269 g/mol. The highest BCUT2D eigenvalue weighted by Crippen LogP contribution is 2.28. The van der Waals surface area contributed by atoms with Crippen LogP contribution in [0.25, 0.3) is 0 Å². The van der Waals surface area contributed by atoms with Crippen LogP contribution in [0.5, 0.6) is 0 Å². The average Bonchev–Trinajstić information content (AvgIpc) is 2.66. The maximum atomic E-state index is 9.41. The van der Waals surface area contributed by atoms with Gasteiger partial charge in [0.25, 0.3) is 0 Å². The number of nitrogens with zero attached hydrogens (tertiary/aromatic N) is 2. The molecular formula is C15H31N3O. The zero-order valence-electron chi connectivity index (χ0n) is 12.9. The third kappa shape index (κ3) is 3.69. The van der Waals surface area contributed by atoms with E-state index in [1.54, 1.807) is 0 Å². The van der Waals surface area contributed by atoms with Gasteiger partial charge in [0.05, 0.1) is 6.61 Å². The molecule has 2 aliphatic rings. The van der Waals surface area contributed by atoms with Crippen LogP contribution in [-0.4, -0.2) is 72.9 Å². The Morgan fingerprint density at radius 1 is 1.26 bits per heavy atom. The van der Waals surface area contributed by atoms with Gasteiger partial charge < -0.3 is 15.3 Å². The van der Waals surface area contributed by atoms with Gasteiger partial charge >= 0.3 is 0 Å². The van der Waals surface area contributed by atoms with Crippen LogP contribution in [0.1, 0.15) is 39.0 Å². The number of likely N-dealkylation sites (tertiary alicyclic amines) is 1. The first-order chi connectivity index (χ1) is 9.08. The molecule has 4 nitrogen and oxygen atoms in total. The van der Waals surface area contributed by atoms with Crippen LogP contribution in [0.15, 0.2) is 0 Å². The van der Waals surface area contributed by atoms with E-state index in [0.717, 1.165) is 18.5 Å². The first-order valence-corrected chi connectivity index (χ1v) is 7.82. The van der Waals surface area contributed by atoms with Crippen LogP contribution in [0.2, 0.25) is 0 Å². The van der Waals surface area contributed by atoms with E-state index in [0.29, 0.717) is 0 Å². The highest BCUT2D eigenvalue weighted by atomic mass is 16.3. The molecule has 0 amide bonds. The molecule has 2 heterocycles. The fraction of sp³-hybridized carbons (Fsp3) is 1.00. The maximum Gasteiger partial charge on any atom is 0.0610 e. The molecule has 0 spiro atoms. The van der Waals surface area contributed by atoms with E-state index < -0.39 is 0 Å². The van der Waals surface area contributed by atoms with Crippen molar-refractivity contribution in [2.24, 2.45) is 0 Å². The van der Waals surface area contributed by atoms with Crippen LogP contribution >= 0.6 is 0 Å². The second kappa shape index (κ2) is 6.53. The number of fused-ring (bicyclic) bond motifs is 2. The van der Waals surface area contributed by atoms with Gasteiger partial charge in [0.2, 0.25) is 0 Å². The molecule has 4 heteroatoms. The molecule has 2 aliphatic heterocycles. The minimum absolute atomic E-state index is 0.109.